The molecule has 0 spiro atoms. The molecule has 0 atom stereocenters. The Morgan fingerprint density at radius 1 is 1.29 bits per heavy atom. The Morgan fingerprint density at radius 2 is 2.12 bits per heavy atom. The third kappa shape index (κ3) is 2.11. The van der Waals surface area contributed by atoms with Crippen molar-refractivity contribution in [2.45, 2.75) is 12.8 Å². The van der Waals surface area contributed by atoms with Crippen LogP contribution in [0.1, 0.15) is 12.8 Å². The quantitative estimate of drug-likeness (QED) is 0.778. The van der Waals surface area contributed by atoms with Crippen LogP contribution in [0.5, 0.6) is 0 Å². The van der Waals surface area contributed by atoms with Gasteiger partial charge in [0.2, 0.25) is 0 Å². The molecule has 2 aromatic rings. The predicted molar refractivity (Wildman–Crippen MR) is 67.3 cm³/mol. The minimum absolute atomic E-state index is 0.684. The van der Waals surface area contributed by atoms with Crippen molar-refractivity contribution < 1.29 is 0 Å². The summed E-state index contributed by atoms with van der Waals surface area (Å²) < 4.78 is 1.48. The minimum Gasteiger partial charge on any atom is -0.355 e. The fourth-order valence-electron chi connectivity index (χ4n) is 2.13. The average molecular weight is 297 g/mol. The van der Waals surface area contributed by atoms with Crippen LogP contribution in [0.15, 0.2) is 12.1 Å². The lowest BCUT2D eigenvalue weighted by Crippen LogP contribution is -2.35. The Hall–Kier alpha value is -1.24. The Balaban J connectivity index is 1.79. The molecule has 0 unspecified atom stereocenters. The first-order chi connectivity index (χ1) is 8.36. The van der Waals surface area contributed by atoms with Crippen molar-refractivity contribution >= 4 is 27.4 Å². The van der Waals surface area contributed by atoms with E-state index in [4.69, 9.17) is 0 Å². The number of alkyl halides is 1. The molecule has 1 fully saturated rings. The fourth-order valence-corrected chi connectivity index (χ4v) is 2.77. The zero-order valence-corrected chi connectivity index (χ0v) is 10.9. The van der Waals surface area contributed by atoms with Crippen LogP contribution in [0.2, 0.25) is 0 Å². The Labute approximate surface area is 107 Å². The monoisotopic (exact) mass is 296 g/mol. The SMILES string of the molecule is BrCC1CCN(c2ccc3nnnn3n2)CC1. The second-order valence-corrected chi connectivity index (χ2v) is 4.95. The molecule has 6 nitrogen and oxygen atoms in total. The van der Waals surface area contributed by atoms with Gasteiger partial charge in [-0.15, -0.1) is 14.8 Å². The summed E-state index contributed by atoms with van der Waals surface area (Å²) in [5.74, 6) is 1.75. The molecule has 7 heteroatoms. The molecule has 0 N–H and O–H groups in total. The molecule has 1 aliphatic heterocycles. The zero-order valence-electron chi connectivity index (χ0n) is 9.33. The highest BCUT2D eigenvalue weighted by Crippen LogP contribution is 2.22. The van der Waals surface area contributed by atoms with Crippen molar-refractivity contribution in [2.24, 2.45) is 5.92 Å². The predicted octanol–water partition coefficient (Wildman–Crippen LogP) is 1.13. The van der Waals surface area contributed by atoms with E-state index < -0.39 is 0 Å². The van der Waals surface area contributed by atoms with E-state index in [0.717, 1.165) is 30.2 Å². The fraction of sp³-hybridized carbons (Fsp3) is 0.600. The number of rotatable bonds is 2. The molecule has 0 aliphatic carbocycles. The van der Waals surface area contributed by atoms with E-state index in [0.29, 0.717) is 5.65 Å². The van der Waals surface area contributed by atoms with Gasteiger partial charge in [0, 0.05) is 18.4 Å². The van der Waals surface area contributed by atoms with E-state index >= 15 is 0 Å². The molecule has 1 saturated heterocycles. The highest BCUT2D eigenvalue weighted by atomic mass is 79.9. The maximum absolute atomic E-state index is 4.40. The van der Waals surface area contributed by atoms with Gasteiger partial charge in [-0.3, -0.25) is 0 Å². The van der Waals surface area contributed by atoms with E-state index in [9.17, 15) is 0 Å². The second-order valence-electron chi connectivity index (χ2n) is 4.30. The topological polar surface area (TPSA) is 59.2 Å². The molecule has 17 heavy (non-hydrogen) atoms. The van der Waals surface area contributed by atoms with Crippen molar-refractivity contribution in [3.05, 3.63) is 12.1 Å². The summed E-state index contributed by atoms with van der Waals surface area (Å²) in [5, 5.41) is 16.8. The third-order valence-corrected chi connectivity index (χ3v) is 4.13. The largest absolute Gasteiger partial charge is 0.355 e. The van der Waals surface area contributed by atoms with Gasteiger partial charge in [0.15, 0.2) is 11.5 Å². The van der Waals surface area contributed by atoms with E-state index in [1.807, 2.05) is 12.1 Å². The van der Waals surface area contributed by atoms with Crippen LogP contribution in [-0.4, -0.2) is 43.7 Å². The van der Waals surface area contributed by atoms with E-state index in [1.54, 1.807) is 0 Å². The van der Waals surface area contributed by atoms with Gasteiger partial charge < -0.3 is 4.90 Å². The van der Waals surface area contributed by atoms with Crippen LogP contribution in [0.4, 0.5) is 5.82 Å². The standard InChI is InChI=1S/C10H13BrN6/c11-7-8-3-5-16(6-4-8)10-2-1-9-12-14-15-17(9)13-10/h1-2,8H,3-7H2. The molecular weight excluding hydrogens is 284 g/mol. The Bertz CT molecular complexity index is 504. The number of halogens is 1. The molecule has 3 heterocycles. The number of fused-ring (bicyclic) bond motifs is 1. The lowest BCUT2D eigenvalue weighted by molar-refractivity contribution is 0.443. The highest BCUT2D eigenvalue weighted by molar-refractivity contribution is 9.09. The molecule has 0 bridgehead atoms. The first-order valence-electron chi connectivity index (χ1n) is 5.73. The summed E-state index contributed by atoms with van der Waals surface area (Å²) in [4.78, 5) is 2.29. The molecule has 2 aromatic heterocycles. The number of aromatic nitrogens is 5. The lowest BCUT2D eigenvalue weighted by atomic mass is 9.99. The summed E-state index contributed by atoms with van der Waals surface area (Å²) in [6.07, 6.45) is 2.42. The van der Waals surface area contributed by atoms with Gasteiger partial charge in [0.05, 0.1) is 0 Å². The maximum Gasteiger partial charge on any atom is 0.200 e. The lowest BCUT2D eigenvalue weighted by Gasteiger charge is -2.31. The number of hydrogen-bond donors (Lipinski definition) is 0. The molecule has 0 aromatic carbocycles. The Kier molecular flexibility index (Phi) is 2.92. The number of anilines is 1. The first kappa shape index (κ1) is 10.9. The summed E-state index contributed by atoms with van der Waals surface area (Å²) >= 11 is 3.55. The van der Waals surface area contributed by atoms with Gasteiger partial charge in [0.1, 0.15) is 0 Å². The van der Waals surface area contributed by atoms with Crippen molar-refractivity contribution in [1.82, 2.24) is 25.3 Å². The smallest absolute Gasteiger partial charge is 0.200 e. The summed E-state index contributed by atoms with van der Waals surface area (Å²) in [5.41, 5.74) is 0.684. The van der Waals surface area contributed by atoms with Crippen LogP contribution in [-0.2, 0) is 0 Å². The highest BCUT2D eigenvalue weighted by Gasteiger charge is 2.19. The third-order valence-electron chi connectivity index (χ3n) is 3.21. The number of piperidine rings is 1. The summed E-state index contributed by atoms with van der Waals surface area (Å²) in [6, 6.07) is 3.89. The Morgan fingerprint density at radius 3 is 2.88 bits per heavy atom. The van der Waals surface area contributed by atoms with E-state index in [-0.39, 0.29) is 0 Å². The molecule has 0 amide bonds. The summed E-state index contributed by atoms with van der Waals surface area (Å²) in [7, 11) is 0. The molecule has 0 saturated carbocycles. The van der Waals surface area contributed by atoms with Crippen LogP contribution in [0.3, 0.4) is 0 Å². The van der Waals surface area contributed by atoms with Crippen molar-refractivity contribution in [1.29, 1.82) is 0 Å². The molecule has 90 valence electrons. The van der Waals surface area contributed by atoms with Crippen LogP contribution in [0, 0.1) is 5.92 Å². The van der Waals surface area contributed by atoms with Gasteiger partial charge in [0.25, 0.3) is 0 Å². The van der Waals surface area contributed by atoms with Gasteiger partial charge in [-0.05, 0) is 41.3 Å². The van der Waals surface area contributed by atoms with Crippen LogP contribution in [0.25, 0.3) is 5.65 Å². The number of nitrogens with zero attached hydrogens (tertiary/aromatic N) is 6. The zero-order chi connectivity index (χ0) is 11.7. The first-order valence-corrected chi connectivity index (χ1v) is 6.85. The van der Waals surface area contributed by atoms with Gasteiger partial charge >= 0.3 is 0 Å². The van der Waals surface area contributed by atoms with Crippen molar-refractivity contribution in [3.63, 3.8) is 0 Å². The van der Waals surface area contributed by atoms with Crippen LogP contribution >= 0.6 is 15.9 Å². The van der Waals surface area contributed by atoms with Crippen LogP contribution < -0.4 is 4.90 Å². The van der Waals surface area contributed by atoms with E-state index in [1.165, 1.54) is 17.5 Å². The van der Waals surface area contributed by atoms with Crippen molar-refractivity contribution in [3.8, 4) is 0 Å². The average Bonchev–Trinajstić information content (AvgIpc) is 2.86. The van der Waals surface area contributed by atoms with Gasteiger partial charge in [-0.2, -0.15) is 0 Å². The second kappa shape index (κ2) is 4.56. The van der Waals surface area contributed by atoms with Crippen molar-refractivity contribution in [2.75, 3.05) is 23.3 Å². The molecular formula is C10H13BrN6. The maximum atomic E-state index is 4.40. The van der Waals surface area contributed by atoms with E-state index in [2.05, 4.69) is 41.5 Å². The molecule has 1 aliphatic rings. The molecule has 3 rings (SSSR count). The van der Waals surface area contributed by atoms with Gasteiger partial charge in [-0.1, -0.05) is 15.9 Å². The summed E-state index contributed by atoms with van der Waals surface area (Å²) in [6.45, 7) is 2.10. The minimum atomic E-state index is 0.684. The number of tetrazole rings is 1. The molecule has 0 radical (unpaired) electrons. The normalized spacial score (nSPS) is 17.8. The van der Waals surface area contributed by atoms with Gasteiger partial charge in [-0.25, -0.2) is 0 Å². The number of hydrogen-bond acceptors (Lipinski definition) is 5.